The molecule has 3 N–H and O–H groups in total. The summed E-state index contributed by atoms with van der Waals surface area (Å²) in [4.78, 5) is 30.4. The van der Waals surface area contributed by atoms with Gasteiger partial charge in [-0.25, -0.2) is 0 Å². The summed E-state index contributed by atoms with van der Waals surface area (Å²) in [6.45, 7) is 3.01. The number of benzene rings is 2. The van der Waals surface area contributed by atoms with Crippen molar-refractivity contribution >= 4 is 17.6 Å². The van der Waals surface area contributed by atoms with Crippen LogP contribution in [0.5, 0.6) is 5.75 Å². The molecule has 164 valence electrons. The van der Waals surface area contributed by atoms with E-state index in [4.69, 9.17) is 15.3 Å². The molecule has 2 amide bonds. The van der Waals surface area contributed by atoms with Crippen LogP contribution in [0.4, 0.5) is 0 Å². The molecule has 1 aliphatic rings. The molecule has 1 aliphatic heterocycles. The molecule has 3 rings (SSSR count). The van der Waals surface area contributed by atoms with E-state index in [2.05, 4.69) is 10.5 Å². The third kappa shape index (κ3) is 6.74. The van der Waals surface area contributed by atoms with E-state index in [1.807, 2.05) is 42.5 Å². The van der Waals surface area contributed by atoms with Crippen LogP contribution in [0.15, 0.2) is 59.8 Å². The minimum absolute atomic E-state index is 0.0279. The van der Waals surface area contributed by atoms with Gasteiger partial charge in [-0.05, 0) is 30.5 Å². The average Bonchev–Trinajstić information content (AvgIpc) is 2.79. The van der Waals surface area contributed by atoms with Gasteiger partial charge in [-0.1, -0.05) is 47.6 Å². The summed E-state index contributed by atoms with van der Waals surface area (Å²) in [5, 5.41) is 6.78. The zero-order valence-corrected chi connectivity index (χ0v) is 17.6. The van der Waals surface area contributed by atoms with Gasteiger partial charge in [0.25, 0.3) is 5.91 Å². The molecular formula is C23H28N4O4. The highest BCUT2D eigenvalue weighted by molar-refractivity contribution is 5.99. The van der Waals surface area contributed by atoms with Crippen LogP contribution < -0.4 is 15.8 Å². The molecule has 0 spiro atoms. The van der Waals surface area contributed by atoms with Crippen LogP contribution >= 0.6 is 0 Å². The molecule has 8 heteroatoms. The van der Waals surface area contributed by atoms with Gasteiger partial charge < -0.3 is 25.5 Å². The SMILES string of the molecule is CC(=O)N1CCC(NC(=O)CO/N=C(/N)c2ccccc2OCc2ccccc2)CC1. The number of carbonyl (C=O) groups excluding carboxylic acids is 2. The Labute approximate surface area is 182 Å². The average molecular weight is 425 g/mol. The van der Waals surface area contributed by atoms with E-state index in [9.17, 15) is 9.59 Å². The van der Waals surface area contributed by atoms with E-state index in [0.29, 0.717) is 31.0 Å². The maximum atomic E-state index is 12.1. The smallest absolute Gasteiger partial charge is 0.260 e. The molecule has 1 saturated heterocycles. The van der Waals surface area contributed by atoms with Gasteiger partial charge in [0.15, 0.2) is 12.4 Å². The second-order valence-electron chi connectivity index (χ2n) is 7.37. The molecule has 31 heavy (non-hydrogen) atoms. The van der Waals surface area contributed by atoms with E-state index < -0.39 is 0 Å². The largest absolute Gasteiger partial charge is 0.488 e. The third-order valence-electron chi connectivity index (χ3n) is 5.06. The lowest BCUT2D eigenvalue weighted by atomic mass is 10.1. The van der Waals surface area contributed by atoms with Crippen LogP contribution in [0, 0.1) is 0 Å². The van der Waals surface area contributed by atoms with E-state index in [1.54, 1.807) is 24.0 Å². The third-order valence-corrected chi connectivity index (χ3v) is 5.06. The number of hydrogen-bond acceptors (Lipinski definition) is 5. The standard InChI is InChI=1S/C23H28N4O4/c1-17(28)27-13-11-19(12-14-27)25-22(29)16-31-26-23(24)20-9-5-6-10-21(20)30-15-18-7-3-2-4-8-18/h2-10,19H,11-16H2,1H3,(H2,24,26)(H,25,29). The van der Waals surface area contributed by atoms with Crippen molar-refractivity contribution < 1.29 is 19.2 Å². The van der Waals surface area contributed by atoms with Gasteiger partial charge in [-0.2, -0.15) is 0 Å². The lowest BCUT2D eigenvalue weighted by Gasteiger charge is -2.31. The maximum Gasteiger partial charge on any atom is 0.260 e. The summed E-state index contributed by atoms with van der Waals surface area (Å²) >= 11 is 0. The molecule has 0 saturated carbocycles. The van der Waals surface area contributed by atoms with Crippen molar-refractivity contribution in [2.24, 2.45) is 10.9 Å². The quantitative estimate of drug-likeness (QED) is 0.383. The van der Waals surface area contributed by atoms with Gasteiger partial charge in [0, 0.05) is 26.1 Å². The first-order valence-electron chi connectivity index (χ1n) is 10.3. The Balaban J connectivity index is 1.48. The second kappa shape index (κ2) is 11.0. The number of nitrogens with one attached hydrogen (secondary N) is 1. The minimum Gasteiger partial charge on any atom is -0.488 e. The van der Waals surface area contributed by atoms with Crippen LogP contribution in [0.1, 0.15) is 30.9 Å². The van der Waals surface area contributed by atoms with Crippen LogP contribution in [0.25, 0.3) is 0 Å². The van der Waals surface area contributed by atoms with E-state index >= 15 is 0 Å². The predicted molar refractivity (Wildman–Crippen MR) is 117 cm³/mol. The lowest BCUT2D eigenvalue weighted by Crippen LogP contribution is -2.46. The summed E-state index contributed by atoms with van der Waals surface area (Å²) in [5.41, 5.74) is 7.68. The fourth-order valence-corrected chi connectivity index (χ4v) is 3.36. The van der Waals surface area contributed by atoms with Crippen molar-refractivity contribution in [1.82, 2.24) is 10.2 Å². The number of ether oxygens (including phenoxy) is 1. The summed E-state index contributed by atoms with van der Waals surface area (Å²) in [5.74, 6) is 0.501. The van der Waals surface area contributed by atoms with Gasteiger partial charge >= 0.3 is 0 Å². The first-order chi connectivity index (χ1) is 15.0. The Kier molecular flexibility index (Phi) is 7.86. The normalized spacial score (nSPS) is 14.7. The number of piperidine rings is 1. The lowest BCUT2D eigenvalue weighted by molar-refractivity contribution is -0.130. The highest BCUT2D eigenvalue weighted by Crippen LogP contribution is 2.19. The van der Waals surface area contributed by atoms with Gasteiger partial charge in [0.05, 0.1) is 5.56 Å². The number of amides is 2. The maximum absolute atomic E-state index is 12.1. The number of para-hydroxylation sites is 1. The van der Waals surface area contributed by atoms with Gasteiger partial charge in [-0.3, -0.25) is 9.59 Å². The molecule has 0 atom stereocenters. The molecule has 0 aromatic heterocycles. The van der Waals surface area contributed by atoms with Crippen molar-refractivity contribution in [3.63, 3.8) is 0 Å². The van der Waals surface area contributed by atoms with E-state index in [0.717, 1.165) is 18.4 Å². The van der Waals surface area contributed by atoms with Crippen LogP contribution in [0.2, 0.25) is 0 Å². The minimum atomic E-state index is -0.272. The van der Waals surface area contributed by atoms with Gasteiger partial charge in [-0.15, -0.1) is 0 Å². The molecule has 2 aromatic rings. The number of likely N-dealkylation sites (tertiary alicyclic amines) is 1. The Morgan fingerprint density at radius 2 is 1.77 bits per heavy atom. The van der Waals surface area contributed by atoms with Gasteiger partial charge in [0.2, 0.25) is 5.91 Å². The fraction of sp³-hybridized carbons (Fsp3) is 0.348. The molecule has 0 radical (unpaired) electrons. The molecule has 0 bridgehead atoms. The molecule has 2 aromatic carbocycles. The number of oxime groups is 1. The second-order valence-corrected chi connectivity index (χ2v) is 7.37. The summed E-state index contributed by atoms with van der Waals surface area (Å²) in [7, 11) is 0. The van der Waals surface area contributed by atoms with Crippen LogP contribution in [-0.4, -0.2) is 48.3 Å². The molecule has 0 unspecified atom stereocenters. The Morgan fingerprint density at radius 1 is 1.10 bits per heavy atom. The molecular weight excluding hydrogens is 396 g/mol. The fourth-order valence-electron chi connectivity index (χ4n) is 3.36. The molecule has 8 nitrogen and oxygen atoms in total. The molecule has 1 heterocycles. The number of rotatable bonds is 8. The van der Waals surface area contributed by atoms with Crippen molar-refractivity contribution in [3.8, 4) is 5.75 Å². The number of carbonyl (C=O) groups is 2. The molecule has 0 aliphatic carbocycles. The highest BCUT2D eigenvalue weighted by Gasteiger charge is 2.22. The first-order valence-corrected chi connectivity index (χ1v) is 10.3. The van der Waals surface area contributed by atoms with E-state index in [-0.39, 0.29) is 30.3 Å². The topological polar surface area (TPSA) is 106 Å². The van der Waals surface area contributed by atoms with Crippen molar-refractivity contribution in [2.75, 3.05) is 19.7 Å². The number of nitrogens with zero attached hydrogens (tertiary/aromatic N) is 2. The molecule has 1 fully saturated rings. The Bertz CT molecular complexity index is 909. The van der Waals surface area contributed by atoms with Crippen molar-refractivity contribution in [2.45, 2.75) is 32.4 Å². The Hall–Kier alpha value is -3.55. The summed E-state index contributed by atoms with van der Waals surface area (Å²) < 4.78 is 5.87. The first kappa shape index (κ1) is 22.1. The van der Waals surface area contributed by atoms with Crippen LogP contribution in [-0.2, 0) is 21.0 Å². The number of nitrogens with two attached hydrogens (primary N) is 1. The van der Waals surface area contributed by atoms with Crippen molar-refractivity contribution in [1.29, 1.82) is 0 Å². The zero-order valence-electron chi connectivity index (χ0n) is 17.6. The Morgan fingerprint density at radius 3 is 2.48 bits per heavy atom. The number of amidine groups is 1. The highest BCUT2D eigenvalue weighted by atomic mass is 16.6. The van der Waals surface area contributed by atoms with Crippen LogP contribution in [0.3, 0.4) is 0 Å². The predicted octanol–water partition coefficient (Wildman–Crippen LogP) is 2.03. The van der Waals surface area contributed by atoms with Crippen molar-refractivity contribution in [3.05, 3.63) is 65.7 Å². The number of hydrogen-bond donors (Lipinski definition) is 2. The van der Waals surface area contributed by atoms with E-state index in [1.165, 1.54) is 0 Å². The van der Waals surface area contributed by atoms with Gasteiger partial charge in [0.1, 0.15) is 12.4 Å². The summed E-state index contributed by atoms with van der Waals surface area (Å²) in [6, 6.07) is 17.1. The summed E-state index contributed by atoms with van der Waals surface area (Å²) in [6.07, 6.45) is 1.45. The zero-order chi connectivity index (χ0) is 22.1. The monoisotopic (exact) mass is 424 g/mol.